The van der Waals surface area contributed by atoms with Crippen LogP contribution in [-0.4, -0.2) is 25.4 Å². The lowest BCUT2D eigenvalue weighted by Crippen LogP contribution is -2.39. The number of fused-ring (bicyclic) bond motifs is 2. The minimum Gasteiger partial charge on any atom is -0.322 e. The molecule has 8 nitrogen and oxygen atoms in total. The van der Waals surface area contributed by atoms with Gasteiger partial charge in [-0.25, -0.2) is 14.8 Å². The van der Waals surface area contributed by atoms with Crippen LogP contribution in [0.25, 0.3) is 22.2 Å². The highest BCUT2D eigenvalue weighted by Gasteiger charge is 2.21. The number of nitrogens with one attached hydrogen (secondary N) is 2. The molecule has 4 aromatic rings. The zero-order chi connectivity index (χ0) is 21.4. The van der Waals surface area contributed by atoms with Crippen molar-refractivity contribution in [2.45, 2.75) is 38.1 Å². The minimum absolute atomic E-state index is 0.0949. The first-order valence-corrected chi connectivity index (χ1v) is 10.4. The van der Waals surface area contributed by atoms with Crippen molar-refractivity contribution in [2.24, 2.45) is 0 Å². The van der Waals surface area contributed by atoms with E-state index in [1.807, 2.05) is 6.07 Å². The maximum absolute atomic E-state index is 13.0. The summed E-state index contributed by atoms with van der Waals surface area (Å²) in [6.45, 7) is 0. The number of aromatic nitrogens is 4. The smallest absolute Gasteiger partial charge is 0.322 e. The molecule has 2 heterocycles. The zero-order valence-electron chi connectivity index (χ0n) is 16.8. The van der Waals surface area contributed by atoms with Crippen LogP contribution in [0.5, 0.6) is 0 Å². The normalized spacial score (nSPS) is 14.7. The topological polar surface area (TPSA) is 110 Å². The third-order valence-corrected chi connectivity index (χ3v) is 5.76. The van der Waals surface area contributed by atoms with Gasteiger partial charge in [-0.2, -0.15) is 0 Å². The van der Waals surface area contributed by atoms with E-state index in [0.29, 0.717) is 22.3 Å². The number of aromatic amines is 1. The van der Waals surface area contributed by atoms with Gasteiger partial charge < -0.3 is 5.32 Å². The first kappa shape index (κ1) is 19.2. The van der Waals surface area contributed by atoms with E-state index < -0.39 is 11.2 Å². The summed E-state index contributed by atoms with van der Waals surface area (Å²) in [5, 5.41) is 2.83. The SMILES string of the molecule is O=C(Nc1ccc2nc3c(=O)n(C4CCCCC4)c(=O)[nH]c3nc2c1)c1ccccc1. The number of rotatable bonds is 3. The predicted molar refractivity (Wildman–Crippen MR) is 118 cm³/mol. The first-order chi connectivity index (χ1) is 15.1. The second-order valence-corrected chi connectivity index (χ2v) is 7.84. The third kappa shape index (κ3) is 3.61. The molecular formula is C23H21N5O3. The summed E-state index contributed by atoms with van der Waals surface area (Å²) in [5.41, 5.74) is 1.54. The average molecular weight is 415 g/mol. The van der Waals surface area contributed by atoms with Gasteiger partial charge in [-0.05, 0) is 43.2 Å². The fraction of sp³-hybridized carbons (Fsp3) is 0.261. The van der Waals surface area contributed by atoms with Gasteiger partial charge in [0, 0.05) is 17.3 Å². The molecule has 0 unspecified atom stereocenters. The lowest BCUT2D eigenvalue weighted by Gasteiger charge is -2.22. The van der Waals surface area contributed by atoms with Crippen molar-refractivity contribution in [1.82, 2.24) is 19.5 Å². The van der Waals surface area contributed by atoms with Gasteiger partial charge >= 0.3 is 5.69 Å². The van der Waals surface area contributed by atoms with Gasteiger partial charge in [-0.1, -0.05) is 37.5 Å². The molecule has 8 heteroatoms. The Morgan fingerprint density at radius 2 is 1.74 bits per heavy atom. The van der Waals surface area contributed by atoms with Crippen molar-refractivity contribution in [1.29, 1.82) is 0 Å². The summed E-state index contributed by atoms with van der Waals surface area (Å²) in [6, 6.07) is 13.9. The number of nitrogens with zero attached hydrogens (tertiary/aromatic N) is 3. The van der Waals surface area contributed by atoms with Gasteiger partial charge in [-0.3, -0.25) is 19.1 Å². The molecule has 0 spiro atoms. The van der Waals surface area contributed by atoms with E-state index in [1.165, 1.54) is 4.57 Å². The molecule has 1 aliphatic carbocycles. The maximum atomic E-state index is 13.0. The molecular weight excluding hydrogens is 394 g/mol. The highest BCUT2D eigenvalue weighted by molar-refractivity contribution is 6.05. The molecule has 0 aliphatic heterocycles. The fourth-order valence-corrected chi connectivity index (χ4v) is 4.20. The van der Waals surface area contributed by atoms with Gasteiger partial charge in [-0.15, -0.1) is 0 Å². The number of carbonyl (C=O) groups excluding carboxylic acids is 1. The van der Waals surface area contributed by atoms with Crippen LogP contribution < -0.4 is 16.6 Å². The summed E-state index contributed by atoms with van der Waals surface area (Å²) < 4.78 is 1.30. The summed E-state index contributed by atoms with van der Waals surface area (Å²) in [5.74, 6) is -0.238. The molecule has 2 aromatic carbocycles. The van der Waals surface area contributed by atoms with Crippen LogP contribution in [0.2, 0.25) is 0 Å². The average Bonchev–Trinajstić information content (AvgIpc) is 2.79. The number of hydrogen-bond donors (Lipinski definition) is 2. The molecule has 0 bridgehead atoms. The summed E-state index contributed by atoms with van der Waals surface area (Å²) >= 11 is 0. The molecule has 0 radical (unpaired) electrons. The number of carbonyl (C=O) groups is 1. The summed E-state index contributed by atoms with van der Waals surface area (Å²) in [7, 11) is 0. The van der Waals surface area contributed by atoms with Crippen LogP contribution in [0.15, 0.2) is 58.1 Å². The number of H-pyrrole nitrogens is 1. The molecule has 1 saturated carbocycles. The molecule has 0 atom stereocenters. The molecule has 2 aromatic heterocycles. The largest absolute Gasteiger partial charge is 0.330 e. The Labute approximate surface area is 177 Å². The monoisotopic (exact) mass is 415 g/mol. The molecule has 1 fully saturated rings. The number of anilines is 1. The van der Waals surface area contributed by atoms with Crippen LogP contribution in [0, 0.1) is 0 Å². The lowest BCUT2D eigenvalue weighted by molar-refractivity contribution is 0.102. The Morgan fingerprint density at radius 1 is 0.968 bits per heavy atom. The second kappa shape index (κ2) is 7.79. The van der Waals surface area contributed by atoms with Gasteiger partial charge in [0.15, 0.2) is 11.2 Å². The Balaban J connectivity index is 1.54. The fourth-order valence-electron chi connectivity index (χ4n) is 4.20. The van der Waals surface area contributed by atoms with E-state index >= 15 is 0 Å². The third-order valence-electron chi connectivity index (χ3n) is 5.76. The van der Waals surface area contributed by atoms with Crippen LogP contribution in [0.4, 0.5) is 5.69 Å². The highest BCUT2D eigenvalue weighted by Crippen LogP contribution is 2.26. The van der Waals surface area contributed by atoms with Crippen molar-refractivity contribution in [3.05, 3.63) is 74.9 Å². The number of benzene rings is 2. The lowest BCUT2D eigenvalue weighted by atomic mass is 9.95. The van der Waals surface area contributed by atoms with Gasteiger partial charge in [0.05, 0.1) is 11.0 Å². The second-order valence-electron chi connectivity index (χ2n) is 7.84. The van der Waals surface area contributed by atoms with Crippen molar-refractivity contribution >= 4 is 33.8 Å². The van der Waals surface area contributed by atoms with Gasteiger partial charge in [0.1, 0.15) is 0 Å². The van der Waals surface area contributed by atoms with E-state index in [9.17, 15) is 14.4 Å². The molecule has 156 valence electrons. The summed E-state index contributed by atoms with van der Waals surface area (Å²) in [4.78, 5) is 49.7. The molecule has 1 aliphatic rings. The van der Waals surface area contributed by atoms with E-state index in [1.54, 1.807) is 42.5 Å². The Hall–Kier alpha value is -3.81. The predicted octanol–water partition coefficient (Wildman–Crippen LogP) is 3.39. The Kier molecular flexibility index (Phi) is 4.82. The van der Waals surface area contributed by atoms with Crippen LogP contribution >= 0.6 is 0 Å². The van der Waals surface area contributed by atoms with Crippen LogP contribution in [0.3, 0.4) is 0 Å². The molecule has 5 rings (SSSR count). The maximum Gasteiger partial charge on any atom is 0.330 e. The quantitative estimate of drug-likeness (QED) is 0.499. The van der Waals surface area contributed by atoms with Crippen LogP contribution in [-0.2, 0) is 0 Å². The van der Waals surface area contributed by atoms with Crippen molar-refractivity contribution in [2.75, 3.05) is 5.32 Å². The van der Waals surface area contributed by atoms with Crippen LogP contribution in [0.1, 0.15) is 48.5 Å². The molecule has 31 heavy (non-hydrogen) atoms. The van der Waals surface area contributed by atoms with Crippen molar-refractivity contribution in [3.63, 3.8) is 0 Å². The van der Waals surface area contributed by atoms with E-state index in [2.05, 4.69) is 20.3 Å². The van der Waals surface area contributed by atoms with Gasteiger partial charge in [0.25, 0.3) is 11.5 Å². The number of hydrogen-bond acceptors (Lipinski definition) is 5. The number of amides is 1. The zero-order valence-corrected chi connectivity index (χ0v) is 16.8. The Bertz CT molecular complexity index is 1400. The summed E-state index contributed by atoms with van der Waals surface area (Å²) in [6.07, 6.45) is 4.79. The standard InChI is InChI=1S/C23H21N5O3/c29-21(14-7-3-1-4-8-14)24-15-11-12-17-18(13-15)26-20-19(25-17)22(30)28(23(31)27-20)16-9-5-2-6-10-16/h1,3-4,7-8,11-13,16H,2,5-6,9-10H2,(H,24,29)(H,26,27,31). The van der Waals surface area contributed by atoms with E-state index in [4.69, 9.17) is 0 Å². The first-order valence-electron chi connectivity index (χ1n) is 10.4. The molecule has 1 amide bonds. The van der Waals surface area contributed by atoms with Gasteiger partial charge in [0.2, 0.25) is 0 Å². The Morgan fingerprint density at radius 3 is 2.52 bits per heavy atom. The molecule has 2 N–H and O–H groups in total. The van der Waals surface area contributed by atoms with Crippen molar-refractivity contribution < 1.29 is 4.79 Å². The van der Waals surface area contributed by atoms with E-state index in [0.717, 1.165) is 32.1 Å². The minimum atomic E-state index is -0.452. The molecule has 0 saturated heterocycles. The van der Waals surface area contributed by atoms with Crippen molar-refractivity contribution in [3.8, 4) is 0 Å². The van der Waals surface area contributed by atoms with E-state index in [-0.39, 0.29) is 23.1 Å². The highest BCUT2D eigenvalue weighted by atomic mass is 16.2.